The van der Waals surface area contributed by atoms with E-state index in [0.29, 0.717) is 11.8 Å². The standard InChI is InChI=1S/C14H22N2O/c1-9-4-5-12(8-10(9)2)14(17)13-6-7-15-11(3)16-13/h6-7,9-10,12,14,17H,4-5,8H2,1-3H3. The minimum atomic E-state index is -0.424. The Morgan fingerprint density at radius 1 is 1.29 bits per heavy atom. The lowest BCUT2D eigenvalue weighted by atomic mass is 9.73. The molecule has 0 aliphatic heterocycles. The first kappa shape index (κ1) is 12.5. The molecule has 3 heteroatoms. The average Bonchev–Trinajstić information content (AvgIpc) is 2.32. The van der Waals surface area contributed by atoms with Crippen molar-refractivity contribution in [2.75, 3.05) is 0 Å². The summed E-state index contributed by atoms with van der Waals surface area (Å²) >= 11 is 0. The number of hydrogen-bond acceptors (Lipinski definition) is 3. The summed E-state index contributed by atoms with van der Waals surface area (Å²) in [6.07, 6.45) is 4.73. The molecule has 4 unspecified atom stereocenters. The first-order valence-corrected chi connectivity index (χ1v) is 6.55. The summed E-state index contributed by atoms with van der Waals surface area (Å²) in [5.74, 6) is 2.58. The predicted molar refractivity (Wildman–Crippen MR) is 67.4 cm³/mol. The molecule has 0 aromatic carbocycles. The summed E-state index contributed by atoms with van der Waals surface area (Å²) in [7, 11) is 0. The number of aliphatic hydroxyl groups is 1. The van der Waals surface area contributed by atoms with Crippen LogP contribution in [0.25, 0.3) is 0 Å². The van der Waals surface area contributed by atoms with Crippen molar-refractivity contribution >= 4 is 0 Å². The van der Waals surface area contributed by atoms with Gasteiger partial charge in [-0.15, -0.1) is 0 Å². The molecule has 1 aliphatic carbocycles. The van der Waals surface area contributed by atoms with Crippen LogP contribution in [0.15, 0.2) is 12.3 Å². The summed E-state index contributed by atoms with van der Waals surface area (Å²) in [6.45, 7) is 6.46. The molecule has 1 aromatic heterocycles. The fraction of sp³-hybridized carbons (Fsp3) is 0.714. The van der Waals surface area contributed by atoms with Crippen molar-refractivity contribution in [1.29, 1.82) is 0 Å². The SMILES string of the molecule is Cc1nccc(C(O)C2CCC(C)C(C)C2)n1. The summed E-state index contributed by atoms with van der Waals surface area (Å²) in [5.41, 5.74) is 0.782. The van der Waals surface area contributed by atoms with E-state index in [4.69, 9.17) is 0 Å². The maximum atomic E-state index is 10.4. The lowest BCUT2D eigenvalue weighted by Crippen LogP contribution is -2.25. The lowest BCUT2D eigenvalue weighted by Gasteiger charge is -2.34. The van der Waals surface area contributed by atoms with Crippen molar-refractivity contribution in [3.63, 3.8) is 0 Å². The molecule has 1 saturated carbocycles. The molecule has 2 rings (SSSR count). The molecule has 1 aliphatic rings. The summed E-state index contributed by atoms with van der Waals surface area (Å²) in [6, 6.07) is 1.83. The van der Waals surface area contributed by atoms with Gasteiger partial charge in [0.15, 0.2) is 0 Å². The maximum Gasteiger partial charge on any atom is 0.125 e. The van der Waals surface area contributed by atoms with E-state index in [1.165, 1.54) is 6.42 Å². The van der Waals surface area contributed by atoms with Crippen molar-refractivity contribution in [3.05, 3.63) is 23.8 Å². The summed E-state index contributed by atoms with van der Waals surface area (Å²) in [4.78, 5) is 8.40. The molecule has 1 N–H and O–H groups in total. The Balaban J connectivity index is 2.07. The zero-order valence-corrected chi connectivity index (χ0v) is 10.9. The van der Waals surface area contributed by atoms with E-state index in [-0.39, 0.29) is 0 Å². The van der Waals surface area contributed by atoms with Crippen LogP contribution in [0.1, 0.15) is 50.7 Å². The third-order valence-corrected chi connectivity index (χ3v) is 4.19. The summed E-state index contributed by atoms with van der Waals surface area (Å²) < 4.78 is 0. The van der Waals surface area contributed by atoms with Crippen molar-refractivity contribution in [1.82, 2.24) is 9.97 Å². The summed E-state index contributed by atoms with van der Waals surface area (Å²) in [5, 5.41) is 10.4. The highest BCUT2D eigenvalue weighted by molar-refractivity contribution is 5.06. The number of nitrogens with zero attached hydrogens (tertiary/aromatic N) is 2. The van der Waals surface area contributed by atoms with Gasteiger partial charge >= 0.3 is 0 Å². The minimum Gasteiger partial charge on any atom is -0.387 e. The van der Waals surface area contributed by atoms with Crippen molar-refractivity contribution < 1.29 is 5.11 Å². The monoisotopic (exact) mass is 234 g/mol. The number of rotatable bonds is 2. The van der Waals surface area contributed by atoms with Crippen molar-refractivity contribution in [2.45, 2.75) is 46.1 Å². The Kier molecular flexibility index (Phi) is 3.77. The van der Waals surface area contributed by atoms with Gasteiger partial charge in [-0.05, 0) is 43.6 Å². The smallest absolute Gasteiger partial charge is 0.125 e. The van der Waals surface area contributed by atoms with E-state index in [0.717, 1.165) is 30.3 Å². The van der Waals surface area contributed by atoms with Crippen molar-refractivity contribution in [2.24, 2.45) is 17.8 Å². The second kappa shape index (κ2) is 5.13. The number of aliphatic hydroxyl groups excluding tert-OH is 1. The molecule has 0 radical (unpaired) electrons. The van der Waals surface area contributed by atoms with Crippen LogP contribution in [0.4, 0.5) is 0 Å². The first-order valence-electron chi connectivity index (χ1n) is 6.55. The van der Waals surface area contributed by atoms with Gasteiger partial charge in [0.05, 0.1) is 11.8 Å². The van der Waals surface area contributed by atoms with Crippen LogP contribution in [-0.4, -0.2) is 15.1 Å². The van der Waals surface area contributed by atoms with Gasteiger partial charge in [0.1, 0.15) is 5.82 Å². The predicted octanol–water partition coefficient (Wildman–Crippen LogP) is 2.89. The van der Waals surface area contributed by atoms with Gasteiger partial charge in [0.25, 0.3) is 0 Å². The van der Waals surface area contributed by atoms with Gasteiger partial charge < -0.3 is 5.11 Å². The third-order valence-electron chi connectivity index (χ3n) is 4.19. The fourth-order valence-corrected chi connectivity index (χ4v) is 2.76. The molecule has 0 saturated heterocycles. The van der Waals surface area contributed by atoms with Gasteiger partial charge in [0.2, 0.25) is 0 Å². The Morgan fingerprint density at radius 2 is 2.06 bits per heavy atom. The molecule has 0 amide bonds. The van der Waals surface area contributed by atoms with Crippen LogP contribution in [0.5, 0.6) is 0 Å². The van der Waals surface area contributed by atoms with Crippen LogP contribution < -0.4 is 0 Å². The Labute approximate surface area is 103 Å². The Morgan fingerprint density at radius 3 is 2.71 bits per heavy atom. The zero-order chi connectivity index (χ0) is 12.4. The molecule has 0 bridgehead atoms. The van der Waals surface area contributed by atoms with Crippen LogP contribution in [0, 0.1) is 24.7 Å². The molecule has 17 heavy (non-hydrogen) atoms. The van der Waals surface area contributed by atoms with Crippen molar-refractivity contribution in [3.8, 4) is 0 Å². The third kappa shape index (κ3) is 2.83. The highest BCUT2D eigenvalue weighted by Crippen LogP contribution is 2.39. The largest absolute Gasteiger partial charge is 0.387 e. The Hall–Kier alpha value is -0.960. The molecule has 4 atom stereocenters. The topological polar surface area (TPSA) is 46.0 Å². The fourth-order valence-electron chi connectivity index (χ4n) is 2.76. The molecular formula is C14H22N2O. The number of aryl methyl sites for hydroxylation is 1. The van der Waals surface area contributed by atoms with Gasteiger partial charge in [-0.25, -0.2) is 9.97 Å². The normalized spacial score (nSPS) is 31.2. The highest BCUT2D eigenvalue weighted by atomic mass is 16.3. The molecule has 1 fully saturated rings. The van der Waals surface area contributed by atoms with Gasteiger partial charge in [0, 0.05) is 6.20 Å². The van der Waals surface area contributed by atoms with E-state index in [1.54, 1.807) is 6.20 Å². The Bertz CT molecular complexity index is 380. The quantitative estimate of drug-likeness (QED) is 0.855. The first-order chi connectivity index (χ1) is 8.08. The van der Waals surface area contributed by atoms with Gasteiger partial charge in [-0.1, -0.05) is 20.3 Å². The van der Waals surface area contributed by atoms with Crippen LogP contribution in [0.2, 0.25) is 0 Å². The second-order valence-electron chi connectivity index (χ2n) is 5.50. The zero-order valence-electron chi connectivity index (χ0n) is 10.9. The maximum absolute atomic E-state index is 10.4. The molecule has 1 heterocycles. The van der Waals surface area contributed by atoms with Crippen LogP contribution in [-0.2, 0) is 0 Å². The lowest BCUT2D eigenvalue weighted by molar-refractivity contribution is 0.0529. The van der Waals surface area contributed by atoms with E-state index >= 15 is 0 Å². The molecule has 3 nitrogen and oxygen atoms in total. The van der Waals surface area contributed by atoms with Crippen LogP contribution >= 0.6 is 0 Å². The molecule has 1 aromatic rings. The second-order valence-corrected chi connectivity index (χ2v) is 5.50. The molecule has 0 spiro atoms. The number of aromatic nitrogens is 2. The van der Waals surface area contributed by atoms with E-state index in [9.17, 15) is 5.11 Å². The number of hydrogen-bond donors (Lipinski definition) is 1. The highest BCUT2D eigenvalue weighted by Gasteiger charge is 2.30. The van der Waals surface area contributed by atoms with Gasteiger partial charge in [-0.2, -0.15) is 0 Å². The van der Waals surface area contributed by atoms with Crippen LogP contribution in [0.3, 0.4) is 0 Å². The minimum absolute atomic E-state index is 0.357. The van der Waals surface area contributed by atoms with E-state index in [1.807, 2.05) is 13.0 Å². The molecular weight excluding hydrogens is 212 g/mol. The molecule has 94 valence electrons. The van der Waals surface area contributed by atoms with E-state index in [2.05, 4.69) is 23.8 Å². The average molecular weight is 234 g/mol. The van der Waals surface area contributed by atoms with Gasteiger partial charge in [-0.3, -0.25) is 0 Å². The van der Waals surface area contributed by atoms with E-state index < -0.39 is 6.10 Å².